The van der Waals surface area contributed by atoms with Gasteiger partial charge in [-0.1, -0.05) is 0 Å². The molecule has 4 aromatic heterocycles. The number of thiol groups is 2. The van der Waals surface area contributed by atoms with Crippen LogP contribution in [0, 0.1) is 9.28 Å². The zero-order chi connectivity index (χ0) is 13.9. The van der Waals surface area contributed by atoms with Crippen LogP contribution < -0.4 is 0 Å². The predicted octanol–water partition coefficient (Wildman–Crippen LogP) is 0.192. The molecule has 8 nitrogen and oxygen atoms in total. The number of aromatic amines is 4. The summed E-state index contributed by atoms with van der Waals surface area (Å²) >= 11 is 8.28. The number of aromatic nitrogens is 8. The molecule has 4 N–H and O–H groups in total. The molecule has 0 aliphatic heterocycles. The maximum atomic E-state index is 4.14. The van der Waals surface area contributed by atoms with Gasteiger partial charge in [0.15, 0.2) is 46.8 Å². The zero-order valence-corrected chi connectivity index (χ0v) is 13.3. The number of hydrogen-bond acceptors (Lipinski definition) is 4. The molecule has 4 aromatic rings. The fraction of sp³-hybridized carbons (Fsp3) is 0. The fourth-order valence-corrected chi connectivity index (χ4v) is 2.01. The van der Waals surface area contributed by atoms with Crippen molar-refractivity contribution < 1.29 is 17.1 Å². The van der Waals surface area contributed by atoms with Crippen LogP contribution in [-0.4, -0.2) is 39.9 Å². The Morgan fingerprint density at radius 1 is 0.619 bits per heavy atom. The van der Waals surface area contributed by atoms with Gasteiger partial charge in [0.05, 0.1) is 25.3 Å². The van der Waals surface area contributed by atoms with Crippen LogP contribution in [0.15, 0.2) is 25.3 Å². The molecule has 0 aromatic carbocycles. The first-order valence-corrected chi connectivity index (χ1v) is 6.42. The molecule has 0 unspecified atom stereocenters. The zero-order valence-electron chi connectivity index (χ0n) is 10.4. The molecule has 107 valence electrons. The maximum Gasteiger partial charge on any atom is 0.323 e. The molecule has 0 fully saturated rings. The molecule has 4 rings (SSSR count). The first kappa shape index (κ1) is 15.4. The van der Waals surface area contributed by atoms with Gasteiger partial charge in [-0.2, -0.15) is 0 Å². The molecule has 0 spiro atoms. The molecule has 11 heteroatoms. The van der Waals surface area contributed by atoms with Crippen molar-refractivity contribution in [3.05, 3.63) is 34.6 Å². The van der Waals surface area contributed by atoms with E-state index in [0.29, 0.717) is 0 Å². The molecule has 21 heavy (non-hydrogen) atoms. The summed E-state index contributed by atoms with van der Waals surface area (Å²) in [6.45, 7) is 0. The first-order chi connectivity index (χ1) is 9.75. The third-order valence-electron chi connectivity index (χ3n) is 2.48. The molecule has 4 heterocycles. The van der Waals surface area contributed by atoms with Gasteiger partial charge in [0.25, 0.3) is 0 Å². The van der Waals surface area contributed by atoms with E-state index in [1.165, 1.54) is 0 Å². The summed E-state index contributed by atoms with van der Waals surface area (Å²) in [5, 5.41) is 0. The molecule has 0 saturated carbocycles. The van der Waals surface area contributed by atoms with Crippen LogP contribution in [0.2, 0.25) is 0 Å². The van der Waals surface area contributed by atoms with Gasteiger partial charge in [0.2, 0.25) is 0 Å². The Morgan fingerprint density at radius 2 is 1.00 bits per heavy atom. The Hall–Kier alpha value is -1.94. The van der Waals surface area contributed by atoms with E-state index in [2.05, 4.69) is 64.3 Å². The first-order valence-electron chi connectivity index (χ1n) is 5.53. The minimum Gasteiger partial charge on any atom is -0.329 e. The minimum absolute atomic E-state index is 0. The van der Waals surface area contributed by atoms with Gasteiger partial charge >= 0.3 is 9.28 Å². The molecule has 0 aliphatic rings. The van der Waals surface area contributed by atoms with E-state index in [9.17, 15) is 0 Å². The second-order valence-corrected chi connectivity index (χ2v) is 4.60. The van der Waals surface area contributed by atoms with Gasteiger partial charge < -0.3 is 9.97 Å². The monoisotopic (exact) mass is 361 g/mol. The number of rotatable bonds is 0. The number of nitrogens with one attached hydrogen (secondary N) is 4. The standard InChI is InChI=1S/2C5H4N4S.Mn/c2*10-5-3-4(7-1-6-3)8-2-9-5;/h2*1-2H,(H2,6,7,8,9,10);/p+2. The van der Waals surface area contributed by atoms with Crippen LogP contribution in [0.3, 0.4) is 0 Å². The summed E-state index contributed by atoms with van der Waals surface area (Å²) in [4.78, 5) is 27.3. The van der Waals surface area contributed by atoms with Crippen LogP contribution in [-0.2, 0) is 41.5 Å². The van der Waals surface area contributed by atoms with Crippen molar-refractivity contribution in [3.8, 4) is 0 Å². The largest absolute Gasteiger partial charge is 0.329 e. The summed E-state index contributed by atoms with van der Waals surface area (Å²) < 4.78 is 1.46. The topological polar surface area (TPSA) is 115 Å². The van der Waals surface area contributed by atoms with Crippen molar-refractivity contribution in [1.29, 1.82) is 0 Å². The van der Waals surface area contributed by atoms with E-state index >= 15 is 0 Å². The SMILES string of the molecule is [Mn].[SH+]=c1[nH]cnc2[nH]cnc12.[SH+]=c1[nH]cnc2[nH]cnc12. The third kappa shape index (κ3) is 3.22. The Labute approximate surface area is 138 Å². The van der Waals surface area contributed by atoms with Gasteiger partial charge in [-0.3, -0.25) is 9.97 Å². The summed E-state index contributed by atoms with van der Waals surface area (Å²) in [6.07, 6.45) is 6.32. The van der Waals surface area contributed by atoms with E-state index < -0.39 is 0 Å². The van der Waals surface area contributed by atoms with Crippen LogP contribution in [0.4, 0.5) is 0 Å². The Balaban J connectivity index is 0.000000147. The van der Waals surface area contributed by atoms with Gasteiger partial charge in [-0.05, 0) is 0 Å². The summed E-state index contributed by atoms with van der Waals surface area (Å²) in [7, 11) is 0. The second-order valence-electron chi connectivity index (χ2n) is 3.70. The quantitative estimate of drug-likeness (QED) is 0.155. The summed E-state index contributed by atoms with van der Waals surface area (Å²) in [5.41, 5.74) is 3.05. The van der Waals surface area contributed by atoms with E-state index in [1.54, 1.807) is 25.3 Å². The maximum absolute atomic E-state index is 4.14. The van der Waals surface area contributed by atoms with Crippen molar-refractivity contribution in [2.45, 2.75) is 0 Å². The van der Waals surface area contributed by atoms with Gasteiger partial charge in [0.1, 0.15) is 0 Å². The minimum atomic E-state index is 0. The average Bonchev–Trinajstić information content (AvgIpc) is 3.08. The number of fused-ring (bicyclic) bond motifs is 2. The Kier molecular flexibility index (Phi) is 4.91. The fourth-order valence-electron chi connectivity index (χ4n) is 1.57. The van der Waals surface area contributed by atoms with E-state index in [4.69, 9.17) is 0 Å². The van der Waals surface area contributed by atoms with Gasteiger partial charge in [-0.15, -0.1) is 0 Å². The molecule has 0 saturated heterocycles. The molecule has 0 amide bonds. The number of H-pyrrole nitrogens is 4. The molecule has 0 bridgehead atoms. The van der Waals surface area contributed by atoms with Crippen molar-refractivity contribution in [1.82, 2.24) is 39.9 Å². The summed E-state index contributed by atoms with van der Waals surface area (Å²) in [5.74, 6) is 0. The van der Waals surface area contributed by atoms with Crippen molar-refractivity contribution in [2.75, 3.05) is 0 Å². The van der Waals surface area contributed by atoms with E-state index in [-0.39, 0.29) is 17.1 Å². The Morgan fingerprint density at radius 3 is 1.38 bits per heavy atom. The third-order valence-corrected chi connectivity index (χ3v) is 3.16. The van der Waals surface area contributed by atoms with Crippen LogP contribution in [0.25, 0.3) is 22.3 Å². The van der Waals surface area contributed by atoms with E-state index in [0.717, 1.165) is 31.6 Å². The van der Waals surface area contributed by atoms with Crippen LogP contribution >= 0.6 is 0 Å². The average molecular weight is 361 g/mol. The van der Waals surface area contributed by atoms with Crippen molar-refractivity contribution >= 4 is 46.8 Å². The molecular formula is C10H10MnN8S2+2. The predicted molar refractivity (Wildman–Crippen MR) is 80.5 cm³/mol. The Bertz CT molecular complexity index is 888. The van der Waals surface area contributed by atoms with Crippen LogP contribution in [0.1, 0.15) is 0 Å². The second kappa shape index (κ2) is 6.68. The smallest absolute Gasteiger partial charge is 0.323 e. The molecule has 1 radical (unpaired) electrons. The van der Waals surface area contributed by atoms with Gasteiger partial charge in [0, 0.05) is 17.1 Å². The van der Waals surface area contributed by atoms with Gasteiger partial charge in [-0.25, -0.2) is 19.9 Å². The number of nitrogens with zero attached hydrogens (tertiary/aromatic N) is 4. The van der Waals surface area contributed by atoms with Crippen molar-refractivity contribution in [3.63, 3.8) is 0 Å². The van der Waals surface area contributed by atoms with Crippen molar-refractivity contribution in [2.24, 2.45) is 0 Å². The normalized spacial score (nSPS) is 9.90. The van der Waals surface area contributed by atoms with E-state index in [1.807, 2.05) is 0 Å². The van der Waals surface area contributed by atoms with Crippen LogP contribution in [0.5, 0.6) is 0 Å². The molecular weight excluding hydrogens is 351 g/mol. The molecule has 0 atom stereocenters. The number of hydrogen-bond donors (Lipinski definition) is 4. The number of imidazole rings is 2. The molecule has 0 aliphatic carbocycles. The summed E-state index contributed by atoms with van der Waals surface area (Å²) in [6, 6.07) is 0.